The number of aromatic carboxylic acids is 1. The summed E-state index contributed by atoms with van der Waals surface area (Å²) in [7, 11) is 0. The second kappa shape index (κ2) is 4.61. The molecule has 7 heteroatoms. The third-order valence-corrected chi connectivity index (χ3v) is 1.84. The highest BCUT2D eigenvalue weighted by Gasteiger charge is 2.42. The Labute approximate surface area is 93.4 Å². The third-order valence-electron chi connectivity index (χ3n) is 1.59. The molecule has 0 amide bonds. The zero-order valence-corrected chi connectivity index (χ0v) is 8.42. The first-order chi connectivity index (χ1) is 7.33. The molecule has 1 rings (SSSR count). The fourth-order valence-electron chi connectivity index (χ4n) is 0.894. The van der Waals surface area contributed by atoms with Gasteiger partial charge in [0, 0.05) is 0 Å². The van der Waals surface area contributed by atoms with E-state index in [0.717, 1.165) is 12.1 Å². The van der Waals surface area contributed by atoms with Gasteiger partial charge in [0.1, 0.15) is 5.75 Å². The van der Waals surface area contributed by atoms with E-state index in [2.05, 4.69) is 16.3 Å². The van der Waals surface area contributed by atoms with E-state index in [9.17, 15) is 18.0 Å². The lowest BCUT2D eigenvalue weighted by Gasteiger charge is -2.17. The van der Waals surface area contributed by atoms with E-state index in [1.54, 1.807) is 0 Å². The molecule has 0 spiro atoms. The fourth-order valence-corrected chi connectivity index (χ4v) is 0.939. The molecule has 1 N–H and O–H groups in total. The topological polar surface area (TPSA) is 46.5 Å². The molecule has 0 radical (unpaired) electrons. The molecule has 16 heavy (non-hydrogen) atoms. The predicted octanol–water partition coefficient (Wildman–Crippen LogP) is 2.89. The van der Waals surface area contributed by atoms with Crippen LogP contribution in [0.5, 0.6) is 5.75 Å². The van der Waals surface area contributed by atoms with Crippen LogP contribution in [0.2, 0.25) is 0 Å². The first kappa shape index (κ1) is 12.6. The minimum absolute atomic E-state index is 0.252. The summed E-state index contributed by atoms with van der Waals surface area (Å²) in [6, 6.07) is 4.28. The lowest BCUT2D eigenvalue weighted by atomic mass is 10.2. The quantitative estimate of drug-likeness (QED) is 0.841. The number of benzene rings is 1. The van der Waals surface area contributed by atoms with Gasteiger partial charge in [0.2, 0.25) is 0 Å². The molecule has 1 aromatic rings. The summed E-state index contributed by atoms with van der Waals surface area (Å²) in [4.78, 5) is 10.5. The second-order valence-corrected chi connectivity index (χ2v) is 3.18. The summed E-state index contributed by atoms with van der Waals surface area (Å²) in [6.07, 6.45) is -4.21. The SMILES string of the molecule is O=C(O)c1cccc(OC(F)(F)C(F)Cl)c1. The highest BCUT2D eigenvalue weighted by atomic mass is 35.5. The molecule has 0 aliphatic rings. The van der Waals surface area contributed by atoms with Crippen LogP contribution in [0.1, 0.15) is 10.4 Å². The number of carboxylic acids is 1. The first-order valence-electron chi connectivity index (χ1n) is 4.01. The number of alkyl halides is 4. The van der Waals surface area contributed by atoms with E-state index in [4.69, 9.17) is 5.11 Å². The van der Waals surface area contributed by atoms with Gasteiger partial charge < -0.3 is 9.84 Å². The second-order valence-electron chi connectivity index (χ2n) is 2.80. The van der Waals surface area contributed by atoms with E-state index in [-0.39, 0.29) is 5.56 Å². The van der Waals surface area contributed by atoms with Crippen LogP contribution in [0.4, 0.5) is 13.2 Å². The standard InChI is InChI=1S/C9H6ClF3O3/c10-8(11)9(12,13)16-6-3-1-2-5(4-6)7(14)15/h1-4,8H,(H,14,15). The van der Waals surface area contributed by atoms with Gasteiger partial charge in [0.25, 0.3) is 5.63 Å². The smallest absolute Gasteiger partial charge is 0.444 e. The Morgan fingerprint density at radius 3 is 2.62 bits per heavy atom. The number of carboxylic acid groups (broad SMARTS) is 1. The van der Waals surface area contributed by atoms with Crippen molar-refractivity contribution in [2.45, 2.75) is 11.7 Å². The van der Waals surface area contributed by atoms with Gasteiger partial charge in [-0.2, -0.15) is 8.78 Å². The number of ether oxygens (including phenoxy) is 1. The molecule has 1 unspecified atom stereocenters. The van der Waals surface area contributed by atoms with Crippen molar-refractivity contribution in [3.05, 3.63) is 29.8 Å². The van der Waals surface area contributed by atoms with Gasteiger partial charge in [-0.3, -0.25) is 0 Å². The third kappa shape index (κ3) is 3.03. The summed E-state index contributed by atoms with van der Waals surface area (Å²) in [5, 5.41) is 8.57. The van der Waals surface area contributed by atoms with Gasteiger partial charge in [-0.15, -0.1) is 0 Å². The lowest BCUT2D eigenvalue weighted by Crippen LogP contribution is -2.32. The summed E-state index contributed by atoms with van der Waals surface area (Å²) in [6.45, 7) is 0. The molecule has 0 saturated carbocycles. The van der Waals surface area contributed by atoms with Crippen LogP contribution in [0.25, 0.3) is 0 Å². The van der Waals surface area contributed by atoms with Crippen LogP contribution in [0.15, 0.2) is 24.3 Å². The van der Waals surface area contributed by atoms with E-state index in [0.29, 0.717) is 0 Å². The molecule has 0 saturated heterocycles. The van der Waals surface area contributed by atoms with Crippen LogP contribution >= 0.6 is 11.6 Å². The van der Waals surface area contributed by atoms with Crippen molar-refractivity contribution in [2.75, 3.05) is 0 Å². The van der Waals surface area contributed by atoms with Gasteiger partial charge in [0.05, 0.1) is 5.56 Å². The van der Waals surface area contributed by atoms with E-state index >= 15 is 0 Å². The Bertz CT molecular complexity index is 395. The highest BCUT2D eigenvalue weighted by molar-refractivity contribution is 6.20. The molecule has 0 heterocycles. The zero-order chi connectivity index (χ0) is 12.3. The minimum Gasteiger partial charge on any atom is -0.478 e. The number of rotatable bonds is 4. The first-order valence-corrected chi connectivity index (χ1v) is 4.45. The van der Waals surface area contributed by atoms with E-state index in [1.807, 2.05) is 0 Å². The van der Waals surface area contributed by atoms with Gasteiger partial charge in [-0.1, -0.05) is 17.7 Å². The summed E-state index contributed by atoms with van der Waals surface area (Å²) >= 11 is 4.56. The Morgan fingerprint density at radius 2 is 2.12 bits per heavy atom. The summed E-state index contributed by atoms with van der Waals surface area (Å²) in [5.41, 5.74) is -3.26. The normalized spacial score (nSPS) is 13.2. The molecule has 0 aliphatic carbocycles. The molecule has 0 aliphatic heterocycles. The molecule has 1 aromatic carbocycles. The Hall–Kier alpha value is -1.43. The molecule has 0 aromatic heterocycles. The molecule has 3 nitrogen and oxygen atoms in total. The highest BCUT2D eigenvalue weighted by Crippen LogP contribution is 2.28. The summed E-state index contributed by atoms with van der Waals surface area (Å²) < 4.78 is 41.5. The van der Waals surface area contributed by atoms with Crippen LogP contribution < -0.4 is 4.74 Å². The molecule has 1 atom stereocenters. The van der Waals surface area contributed by atoms with Gasteiger partial charge in [0.15, 0.2) is 0 Å². The Balaban J connectivity index is 2.90. The van der Waals surface area contributed by atoms with Crippen molar-refractivity contribution in [3.8, 4) is 5.75 Å². The molecule has 0 fully saturated rings. The zero-order valence-electron chi connectivity index (χ0n) is 7.66. The van der Waals surface area contributed by atoms with E-state index in [1.165, 1.54) is 12.1 Å². The van der Waals surface area contributed by atoms with Gasteiger partial charge >= 0.3 is 12.1 Å². The fraction of sp³-hybridized carbons (Fsp3) is 0.222. The largest absolute Gasteiger partial charge is 0.478 e. The molecular weight excluding hydrogens is 249 g/mol. The molecular formula is C9H6ClF3O3. The van der Waals surface area contributed by atoms with Crippen molar-refractivity contribution in [1.29, 1.82) is 0 Å². The average Bonchev–Trinajstić information content (AvgIpc) is 2.17. The maximum Gasteiger partial charge on any atom is 0.444 e. The van der Waals surface area contributed by atoms with Crippen molar-refractivity contribution in [1.82, 2.24) is 0 Å². The van der Waals surface area contributed by atoms with E-state index < -0.39 is 23.5 Å². The van der Waals surface area contributed by atoms with Crippen LogP contribution in [0.3, 0.4) is 0 Å². The monoisotopic (exact) mass is 254 g/mol. The predicted molar refractivity (Wildman–Crippen MR) is 49.7 cm³/mol. The minimum atomic E-state index is -4.21. The average molecular weight is 255 g/mol. The lowest BCUT2D eigenvalue weighted by molar-refractivity contribution is -0.199. The maximum absolute atomic E-state index is 12.7. The number of halogens is 4. The van der Waals surface area contributed by atoms with Crippen LogP contribution in [-0.4, -0.2) is 22.8 Å². The van der Waals surface area contributed by atoms with Crippen molar-refractivity contribution in [3.63, 3.8) is 0 Å². The molecule has 88 valence electrons. The van der Waals surface area contributed by atoms with Crippen molar-refractivity contribution < 1.29 is 27.8 Å². The Kier molecular flexibility index (Phi) is 3.64. The number of carbonyl (C=O) groups is 1. The number of hydrogen-bond donors (Lipinski definition) is 1. The molecule has 0 bridgehead atoms. The van der Waals surface area contributed by atoms with Crippen molar-refractivity contribution in [2.24, 2.45) is 0 Å². The summed E-state index contributed by atoms with van der Waals surface area (Å²) in [5.74, 6) is -1.79. The maximum atomic E-state index is 12.7. The van der Waals surface area contributed by atoms with Gasteiger partial charge in [-0.05, 0) is 18.2 Å². The van der Waals surface area contributed by atoms with Gasteiger partial charge in [-0.25, -0.2) is 9.18 Å². The number of hydrogen-bond acceptors (Lipinski definition) is 2. The van der Waals surface area contributed by atoms with Crippen LogP contribution in [0, 0.1) is 0 Å². The Morgan fingerprint density at radius 1 is 1.50 bits per heavy atom. The van der Waals surface area contributed by atoms with Crippen LogP contribution in [-0.2, 0) is 0 Å². The van der Waals surface area contributed by atoms with Crippen molar-refractivity contribution >= 4 is 17.6 Å².